The van der Waals surface area contributed by atoms with Crippen molar-refractivity contribution in [2.75, 3.05) is 39.8 Å². The first-order chi connectivity index (χ1) is 9.27. The van der Waals surface area contributed by atoms with Gasteiger partial charge in [0.15, 0.2) is 0 Å². The van der Waals surface area contributed by atoms with E-state index in [1.807, 2.05) is 0 Å². The van der Waals surface area contributed by atoms with Gasteiger partial charge in [-0.15, -0.1) is 0 Å². The van der Waals surface area contributed by atoms with Crippen LogP contribution in [0.15, 0.2) is 36.5 Å². The number of para-hydroxylation sites is 1. The minimum Gasteiger partial charge on any atom is -0.347 e. The predicted molar refractivity (Wildman–Crippen MR) is 80.2 cm³/mol. The minimum absolute atomic E-state index is 1.13. The summed E-state index contributed by atoms with van der Waals surface area (Å²) in [4.78, 5) is 0. The molecule has 1 aliphatic rings. The van der Waals surface area contributed by atoms with E-state index in [-0.39, 0.29) is 0 Å². The van der Waals surface area contributed by atoms with Crippen LogP contribution in [0.25, 0.3) is 10.9 Å². The van der Waals surface area contributed by atoms with Crippen LogP contribution in [0.5, 0.6) is 0 Å². The smallest absolute Gasteiger partial charge is 0.0911 e. The number of hydrogen-bond donors (Lipinski definition) is 1. The summed E-state index contributed by atoms with van der Waals surface area (Å²) in [5.74, 6) is 0. The Bertz CT molecular complexity index is 538. The molecule has 0 spiro atoms. The van der Waals surface area contributed by atoms with Gasteiger partial charge >= 0.3 is 0 Å². The highest BCUT2D eigenvalue weighted by atomic mass is 15.4. The highest BCUT2D eigenvalue weighted by Gasteiger charge is 2.23. The molecule has 1 fully saturated rings. The second-order valence-corrected chi connectivity index (χ2v) is 5.96. The number of likely N-dealkylation sites (N-methyl/N-ethyl adjacent to an activating group) is 1. The highest BCUT2D eigenvalue weighted by molar-refractivity contribution is 5.79. The first-order valence-corrected chi connectivity index (χ1v) is 7.35. The summed E-state index contributed by atoms with van der Waals surface area (Å²) in [6.07, 6.45) is 3.48. The fourth-order valence-electron chi connectivity index (χ4n) is 3.12. The largest absolute Gasteiger partial charge is 0.347 e. The normalized spacial score (nSPS) is 18.8. The van der Waals surface area contributed by atoms with Crippen molar-refractivity contribution in [3.8, 4) is 0 Å². The van der Waals surface area contributed by atoms with Crippen molar-refractivity contribution in [2.45, 2.75) is 13.0 Å². The van der Waals surface area contributed by atoms with Gasteiger partial charge in [-0.3, -0.25) is 0 Å². The third-order valence-electron chi connectivity index (χ3n) is 4.43. The Morgan fingerprint density at radius 3 is 2.79 bits per heavy atom. The summed E-state index contributed by atoms with van der Waals surface area (Å²) in [6, 6.07) is 10.9. The molecule has 0 amide bonds. The van der Waals surface area contributed by atoms with E-state index in [1.165, 1.54) is 54.5 Å². The molecule has 3 nitrogen and oxygen atoms in total. The first kappa shape index (κ1) is 12.7. The molecule has 0 aliphatic carbocycles. The zero-order valence-corrected chi connectivity index (χ0v) is 11.8. The number of quaternary nitrogens is 1. The predicted octanol–water partition coefficient (Wildman–Crippen LogP) is 2.08. The van der Waals surface area contributed by atoms with E-state index in [4.69, 9.17) is 0 Å². The quantitative estimate of drug-likeness (QED) is 0.831. The maximum absolute atomic E-state index is 3.45. The van der Waals surface area contributed by atoms with Crippen LogP contribution >= 0.6 is 0 Å². The van der Waals surface area contributed by atoms with Gasteiger partial charge in [0.1, 0.15) is 0 Å². The van der Waals surface area contributed by atoms with Crippen LogP contribution in [0.1, 0.15) is 6.42 Å². The molecule has 2 heterocycles. The molecule has 19 heavy (non-hydrogen) atoms. The molecule has 3 rings (SSSR count). The van der Waals surface area contributed by atoms with Crippen LogP contribution in [-0.4, -0.2) is 48.8 Å². The summed E-state index contributed by atoms with van der Waals surface area (Å²) in [5, 5.41) is 4.80. The van der Waals surface area contributed by atoms with Gasteiger partial charge in [-0.2, -0.15) is 0 Å². The molecule has 0 atom stereocenters. The lowest BCUT2D eigenvalue weighted by Gasteiger charge is -2.38. The Balaban J connectivity index is 1.60. The second-order valence-electron chi connectivity index (χ2n) is 5.96. The maximum Gasteiger partial charge on any atom is 0.0911 e. The van der Waals surface area contributed by atoms with Gasteiger partial charge in [-0.1, -0.05) is 18.2 Å². The molecule has 1 saturated heterocycles. The topological polar surface area (TPSA) is 17.0 Å². The Kier molecular flexibility index (Phi) is 3.58. The second kappa shape index (κ2) is 5.35. The Labute approximate surface area is 115 Å². The SMILES string of the molecule is C[N+]1(CCCn2ccc3ccccc32)CCNCC1. The molecule has 3 heteroatoms. The van der Waals surface area contributed by atoms with Crippen molar-refractivity contribution in [3.63, 3.8) is 0 Å². The van der Waals surface area contributed by atoms with Crippen LogP contribution in [0, 0.1) is 0 Å². The van der Waals surface area contributed by atoms with Gasteiger partial charge in [-0.25, -0.2) is 0 Å². The molecule has 2 aromatic rings. The van der Waals surface area contributed by atoms with Gasteiger partial charge in [0, 0.05) is 37.8 Å². The number of nitrogens with zero attached hydrogens (tertiary/aromatic N) is 2. The highest BCUT2D eigenvalue weighted by Crippen LogP contribution is 2.16. The Hall–Kier alpha value is -1.32. The number of piperazine rings is 1. The average Bonchev–Trinajstić information content (AvgIpc) is 2.83. The zero-order valence-electron chi connectivity index (χ0n) is 11.8. The summed E-state index contributed by atoms with van der Waals surface area (Å²) in [7, 11) is 2.40. The number of fused-ring (bicyclic) bond motifs is 1. The van der Waals surface area contributed by atoms with E-state index in [1.54, 1.807) is 0 Å². The van der Waals surface area contributed by atoms with E-state index in [0.717, 1.165) is 6.54 Å². The van der Waals surface area contributed by atoms with Gasteiger partial charge < -0.3 is 14.4 Å². The molecule has 1 aromatic carbocycles. The third kappa shape index (κ3) is 2.82. The number of rotatable bonds is 4. The van der Waals surface area contributed by atoms with Crippen LogP contribution < -0.4 is 5.32 Å². The van der Waals surface area contributed by atoms with Crippen LogP contribution in [0.3, 0.4) is 0 Å². The lowest BCUT2D eigenvalue weighted by molar-refractivity contribution is -0.911. The molecule has 0 saturated carbocycles. The van der Waals surface area contributed by atoms with E-state index in [2.05, 4.69) is 53.5 Å². The van der Waals surface area contributed by atoms with Crippen molar-refractivity contribution in [3.05, 3.63) is 36.5 Å². The van der Waals surface area contributed by atoms with Gasteiger partial charge in [0.25, 0.3) is 0 Å². The van der Waals surface area contributed by atoms with Crippen molar-refractivity contribution >= 4 is 10.9 Å². The van der Waals surface area contributed by atoms with Crippen LogP contribution in [-0.2, 0) is 6.54 Å². The van der Waals surface area contributed by atoms with Crippen molar-refractivity contribution in [1.29, 1.82) is 0 Å². The lowest BCUT2D eigenvalue weighted by Crippen LogP contribution is -2.56. The third-order valence-corrected chi connectivity index (χ3v) is 4.43. The number of benzene rings is 1. The lowest BCUT2D eigenvalue weighted by atomic mass is 10.2. The monoisotopic (exact) mass is 258 g/mol. The van der Waals surface area contributed by atoms with Gasteiger partial charge in [0.05, 0.1) is 26.7 Å². The number of aryl methyl sites for hydroxylation is 1. The summed E-state index contributed by atoms with van der Waals surface area (Å²) in [5.41, 5.74) is 1.37. The molecule has 1 aliphatic heterocycles. The van der Waals surface area contributed by atoms with E-state index < -0.39 is 0 Å². The fourth-order valence-corrected chi connectivity index (χ4v) is 3.12. The molecule has 0 unspecified atom stereocenters. The van der Waals surface area contributed by atoms with Crippen molar-refractivity contribution < 1.29 is 4.48 Å². The maximum atomic E-state index is 3.45. The Morgan fingerprint density at radius 2 is 1.95 bits per heavy atom. The minimum atomic E-state index is 1.13. The molecule has 1 N–H and O–H groups in total. The molecule has 0 radical (unpaired) electrons. The number of aromatic nitrogens is 1. The zero-order chi connectivity index (χ0) is 13.1. The Morgan fingerprint density at radius 1 is 1.16 bits per heavy atom. The molecular weight excluding hydrogens is 234 g/mol. The average molecular weight is 258 g/mol. The fraction of sp³-hybridized carbons (Fsp3) is 0.500. The molecule has 1 aromatic heterocycles. The standard InChI is InChI=1S/C16H24N3/c1-19(13-8-17-9-14-19)12-4-10-18-11-7-15-5-2-3-6-16(15)18/h2-3,5-7,11,17H,4,8-10,12-14H2,1H3/q+1. The van der Waals surface area contributed by atoms with Crippen molar-refractivity contribution in [2.24, 2.45) is 0 Å². The molecule has 102 valence electrons. The first-order valence-electron chi connectivity index (χ1n) is 7.35. The van der Waals surface area contributed by atoms with Gasteiger partial charge in [0.2, 0.25) is 0 Å². The molecular formula is C16H24N3+. The summed E-state index contributed by atoms with van der Waals surface area (Å²) < 4.78 is 3.62. The van der Waals surface area contributed by atoms with E-state index in [9.17, 15) is 0 Å². The van der Waals surface area contributed by atoms with Crippen LogP contribution in [0.4, 0.5) is 0 Å². The molecule has 0 bridgehead atoms. The summed E-state index contributed by atoms with van der Waals surface area (Å²) in [6.45, 7) is 7.30. The number of hydrogen-bond acceptors (Lipinski definition) is 1. The summed E-state index contributed by atoms with van der Waals surface area (Å²) >= 11 is 0. The van der Waals surface area contributed by atoms with E-state index in [0.29, 0.717) is 0 Å². The van der Waals surface area contributed by atoms with Crippen LogP contribution in [0.2, 0.25) is 0 Å². The van der Waals surface area contributed by atoms with E-state index >= 15 is 0 Å². The van der Waals surface area contributed by atoms with Crippen molar-refractivity contribution in [1.82, 2.24) is 9.88 Å². The van der Waals surface area contributed by atoms with Gasteiger partial charge in [-0.05, 0) is 17.5 Å². The number of nitrogens with one attached hydrogen (secondary N) is 1.